The van der Waals surface area contributed by atoms with Crippen molar-refractivity contribution in [3.8, 4) is 17.7 Å². The number of nitrogens with zero attached hydrogens (tertiary/aromatic N) is 3. The lowest BCUT2D eigenvalue weighted by Gasteiger charge is -2.37. The molecular formula is C27H32FN3O4. The lowest BCUT2D eigenvalue weighted by molar-refractivity contribution is 0.0313. The molecule has 0 radical (unpaired) electrons. The van der Waals surface area contributed by atoms with Gasteiger partial charge >= 0.3 is 0 Å². The number of carbonyl (C=O) groups excluding carboxylic acids is 2. The third-order valence-corrected chi connectivity index (χ3v) is 6.00. The van der Waals surface area contributed by atoms with Gasteiger partial charge in [0.25, 0.3) is 11.8 Å². The van der Waals surface area contributed by atoms with Crippen LogP contribution in [-0.2, 0) is 0 Å². The van der Waals surface area contributed by atoms with Crippen LogP contribution in [0.5, 0.6) is 5.88 Å². The van der Waals surface area contributed by atoms with E-state index in [1.807, 2.05) is 13.8 Å². The summed E-state index contributed by atoms with van der Waals surface area (Å²) in [6.45, 7) is 6.06. The maximum absolute atomic E-state index is 13.6. The molecule has 1 aliphatic heterocycles. The first-order valence-electron chi connectivity index (χ1n) is 11.8. The number of unbranched alkanes of at least 4 members (excludes halogenated alkanes) is 1. The molecule has 8 heteroatoms. The number of rotatable bonds is 6. The third-order valence-electron chi connectivity index (χ3n) is 6.00. The van der Waals surface area contributed by atoms with Crippen molar-refractivity contribution >= 4 is 11.8 Å². The second kappa shape index (κ2) is 11.8. The second-order valence-electron chi connectivity index (χ2n) is 8.95. The summed E-state index contributed by atoms with van der Waals surface area (Å²) in [4.78, 5) is 33.8. The lowest BCUT2D eigenvalue weighted by Crippen LogP contribution is -2.50. The van der Waals surface area contributed by atoms with E-state index in [2.05, 4.69) is 16.8 Å². The highest BCUT2D eigenvalue weighted by molar-refractivity contribution is 5.97. The van der Waals surface area contributed by atoms with E-state index in [4.69, 9.17) is 4.74 Å². The minimum Gasteiger partial charge on any atom is -0.472 e. The third kappa shape index (κ3) is 6.37. The number of amides is 2. The molecule has 35 heavy (non-hydrogen) atoms. The molecule has 3 rings (SSSR count). The summed E-state index contributed by atoms with van der Waals surface area (Å²) >= 11 is 0. The Labute approximate surface area is 205 Å². The number of ether oxygens (including phenoxy) is 1. The number of fused-ring (bicyclic) bond motifs is 1. The van der Waals surface area contributed by atoms with Crippen LogP contribution in [0.1, 0.15) is 59.9 Å². The van der Waals surface area contributed by atoms with Crippen molar-refractivity contribution in [3.63, 3.8) is 0 Å². The van der Waals surface area contributed by atoms with Crippen molar-refractivity contribution in [1.29, 1.82) is 0 Å². The SMILES string of the molecule is CCCC#Cc1cnc2c(c1)C(=O)N([C@@H](C)CO)C[C@H](C)[C@H](CN(C)C(=O)c1cccc(F)c1)O2. The van der Waals surface area contributed by atoms with Crippen molar-refractivity contribution in [1.82, 2.24) is 14.8 Å². The zero-order chi connectivity index (χ0) is 25.5. The van der Waals surface area contributed by atoms with Crippen molar-refractivity contribution in [3.05, 3.63) is 59.0 Å². The predicted molar refractivity (Wildman–Crippen MR) is 131 cm³/mol. The first kappa shape index (κ1) is 26.2. The van der Waals surface area contributed by atoms with Crippen LogP contribution in [0, 0.1) is 23.6 Å². The highest BCUT2D eigenvalue weighted by Gasteiger charge is 2.34. The van der Waals surface area contributed by atoms with Crippen LogP contribution in [0.4, 0.5) is 4.39 Å². The number of aromatic nitrogens is 1. The van der Waals surface area contributed by atoms with Gasteiger partial charge < -0.3 is 19.6 Å². The number of benzene rings is 1. The number of aliphatic hydroxyl groups excluding tert-OH is 1. The Morgan fingerprint density at radius 2 is 2.17 bits per heavy atom. The molecule has 1 N–H and O–H groups in total. The van der Waals surface area contributed by atoms with Crippen molar-refractivity contribution in [2.24, 2.45) is 5.92 Å². The molecule has 2 aromatic rings. The average Bonchev–Trinajstić information content (AvgIpc) is 2.85. The highest BCUT2D eigenvalue weighted by Crippen LogP contribution is 2.27. The molecule has 1 aromatic carbocycles. The molecular weight excluding hydrogens is 449 g/mol. The quantitative estimate of drug-likeness (QED) is 0.640. The van der Waals surface area contributed by atoms with Gasteiger partial charge in [0.2, 0.25) is 5.88 Å². The van der Waals surface area contributed by atoms with E-state index < -0.39 is 18.0 Å². The summed E-state index contributed by atoms with van der Waals surface area (Å²) in [5.41, 5.74) is 1.12. The number of pyridine rings is 1. The fourth-order valence-corrected chi connectivity index (χ4v) is 3.87. The maximum Gasteiger partial charge on any atom is 0.259 e. The minimum absolute atomic E-state index is 0.161. The molecule has 0 spiro atoms. The van der Waals surface area contributed by atoms with Gasteiger partial charge in [0.1, 0.15) is 17.5 Å². The summed E-state index contributed by atoms with van der Waals surface area (Å²) in [6, 6.07) is 6.78. The van der Waals surface area contributed by atoms with Gasteiger partial charge in [0, 0.05) is 43.3 Å². The highest BCUT2D eigenvalue weighted by atomic mass is 19.1. The molecule has 0 fully saturated rings. The van der Waals surface area contributed by atoms with E-state index in [1.54, 1.807) is 37.2 Å². The van der Waals surface area contributed by atoms with E-state index in [9.17, 15) is 19.1 Å². The molecule has 0 unspecified atom stereocenters. The summed E-state index contributed by atoms with van der Waals surface area (Å²) in [5, 5.41) is 9.79. The van der Waals surface area contributed by atoms with Crippen LogP contribution < -0.4 is 4.74 Å². The van der Waals surface area contributed by atoms with Gasteiger partial charge in [-0.15, -0.1) is 0 Å². The Kier molecular flexibility index (Phi) is 8.83. The molecule has 0 aliphatic carbocycles. The molecule has 2 heterocycles. The van der Waals surface area contributed by atoms with Gasteiger partial charge in [-0.05, 0) is 37.6 Å². The van der Waals surface area contributed by atoms with Gasteiger partial charge in [-0.3, -0.25) is 9.59 Å². The monoisotopic (exact) mass is 481 g/mol. The van der Waals surface area contributed by atoms with Gasteiger partial charge in [-0.1, -0.05) is 31.8 Å². The number of hydrogen-bond donors (Lipinski definition) is 1. The minimum atomic E-state index is -0.498. The van der Waals surface area contributed by atoms with E-state index in [0.717, 1.165) is 12.8 Å². The zero-order valence-electron chi connectivity index (χ0n) is 20.6. The molecule has 0 bridgehead atoms. The van der Waals surface area contributed by atoms with Crippen LogP contribution >= 0.6 is 0 Å². The fraction of sp³-hybridized carbons (Fsp3) is 0.444. The molecule has 2 amide bonds. The Morgan fingerprint density at radius 3 is 2.86 bits per heavy atom. The molecule has 1 aliphatic rings. The van der Waals surface area contributed by atoms with Crippen molar-refractivity contribution in [2.75, 3.05) is 26.7 Å². The van der Waals surface area contributed by atoms with E-state index in [0.29, 0.717) is 12.1 Å². The lowest BCUT2D eigenvalue weighted by atomic mass is 9.99. The molecule has 186 valence electrons. The summed E-state index contributed by atoms with van der Waals surface area (Å²) < 4.78 is 19.8. The zero-order valence-corrected chi connectivity index (χ0v) is 20.6. The first-order valence-corrected chi connectivity index (χ1v) is 11.8. The normalized spacial score (nSPS) is 18.3. The number of hydrogen-bond acceptors (Lipinski definition) is 5. The first-order chi connectivity index (χ1) is 16.7. The Balaban J connectivity index is 1.93. The average molecular weight is 482 g/mol. The Morgan fingerprint density at radius 1 is 1.40 bits per heavy atom. The number of carbonyl (C=O) groups is 2. The van der Waals surface area contributed by atoms with Crippen molar-refractivity contribution < 1.29 is 23.8 Å². The molecule has 3 atom stereocenters. The van der Waals surface area contributed by atoms with E-state index >= 15 is 0 Å². The fourth-order valence-electron chi connectivity index (χ4n) is 3.87. The van der Waals surface area contributed by atoms with Gasteiger partial charge in [-0.25, -0.2) is 9.37 Å². The predicted octanol–water partition coefficient (Wildman–Crippen LogP) is 3.36. The Bertz CT molecular complexity index is 1130. The van der Waals surface area contributed by atoms with Crippen LogP contribution in [0.2, 0.25) is 0 Å². The van der Waals surface area contributed by atoms with E-state index in [-0.39, 0.29) is 47.9 Å². The molecule has 0 saturated heterocycles. The van der Waals surface area contributed by atoms with Crippen molar-refractivity contribution in [2.45, 2.75) is 45.8 Å². The van der Waals surface area contributed by atoms with Gasteiger partial charge in [0.15, 0.2) is 0 Å². The number of aliphatic hydroxyl groups is 1. The summed E-state index contributed by atoms with van der Waals surface area (Å²) in [7, 11) is 1.63. The van der Waals surface area contributed by atoms with Crippen LogP contribution in [-0.4, -0.2) is 70.6 Å². The van der Waals surface area contributed by atoms with Crippen LogP contribution in [0.15, 0.2) is 36.5 Å². The topological polar surface area (TPSA) is 83.0 Å². The largest absolute Gasteiger partial charge is 0.472 e. The van der Waals surface area contributed by atoms with Gasteiger partial charge in [-0.2, -0.15) is 0 Å². The van der Waals surface area contributed by atoms with Gasteiger partial charge in [0.05, 0.1) is 19.2 Å². The summed E-state index contributed by atoms with van der Waals surface area (Å²) in [6.07, 6.45) is 2.73. The maximum atomic E-state index is 13.6. The molecule has 7 nitrogen and oxygen atoms in total. The number of likely N-dealkylation sites (N-methyl/N-ethyl adjacent to an activating group) is 1. The second-order valence-corrected chi connectivity index (χ2v) is 8.95. The van der Waals surface area contributed by atoms with Crippen LogP contribution in [0.3, 0.4) is 0 Å². The smallest absolute Gasteiger partial charge is 0.259 e. The Hall–Kier alpha value is -3.44. The molecule has 1 aromatic heterocycles. The molecule has 0 saturated carbocycles. The number of halogens is 1. The standard InChI is InChI=1S/C27H32FN3O4/c1-5-6-7-9-20-12-23-25(29-14-20)35-24(18(2)15-31(27(23)34)19(3)17-32)16-30(4)26(33)21-10-8-11-22(28)13-21/h8,10-14,18-19,24,32H,5-6,15-17H2,1-4H3/t18-,19-,24-/m0/s1. The summed E-state index contributed by atoms with van der Waals surface area (Å²) in [5.74, 6) is 4.95. The van der Waals surface area contributed by atoms with Crippen LogP contribution in [0.25, 0.3) is 0 Å². The van der Waals surface area contributed by atoms with E-state index in [1.165, 1.54) is 23.1 Å².